The third-order valence-electron chi connectivity index (χ3n) is 6.20. The van der Waals surface area contributed by atoms with Crippen LogP contribution in [0.15, 0.2) is 87.5 Å². The predicted molar refractivity (Wildman–Crippen MR) is 160 cm³/mol. The Bertz CT molecular complexity index is 1490. The van der Waals surface area contributed by atoms with Crippen LogP contribution in [0, 0.1) is 0 Å². The zero-order valence-corrected chi connectivity index (χ0v) is 28.0. The van der Waals surface area contributed by atoms with Crippen LogP contribution in [-0.2, 0) is 13.7 Å². The van der Waals surface area contributed by atoms with Crippen LogP contribution >= 0.6 is 10.3 Å². The zero-order chi connectivity index (χ0) is 36.5. The smallest absolute Gasteiger partial charge is 0.460 e. The minimum Gasteiger partial charge on any atom is -0.491 e. The maximum Gasteiger partial charge on any atom is 0.460 e. The summed E-state index contributed by atoms with van der Waals surface area (Å²) in [5, 5.41) is -7.11. The molecule has 0 aliphatic carbocycles. The Kier molecular flexibility index (Phi) is 11.3. The van der Waals surface area contributed by atoms with E-state index in [1.165, 1.54) is 72.8 Å². The van der Waals surface area contributed by atoms with Crippen LogP contribution in [0.2, 0.25) is 0 Å². The SMILES string of the molecule is CC(C)Oc1ccc(S(OS(=O)(=O)C(F)(F)C(F)(F)C(F)(F)C(F)(F)F)(c2ccc(OC(C)C)cc2)c2ccc(OC(C)C)cc2)cc1. The normalized spacial score (nSPS) is 14.0. The van der Waals surface area contributed by atoms with Crippen LogP contribution < -0.4 is 14.2 Å². The fourth-order valence-electron chi connectivity index (χ4n) is 4.17. The summed E-state index contributed by atoms with van der Waals surface area (Å²) in [4.78, 5) is -0.795. The molecule has 0 spiro atoms. The minimum atomic E-state index is -7.51. The molecular formula is C31H33F9O6S2. The van der Waals surface area contributed by atoms with E-state index in [2.05, 4.69) is 0 Å². The molecule has 0 aliphatic rings. The highest BCUT2D eigenvalue weighted by Crippen LogP contribution is 2.71. The number of ether oxygens (including phenoxy) is 3. The van der Waals surface area contributed by atoms with Crippen LogP contribution in [-0.4, -0.2) is 50.0 Å². The van der Waals surface area contributed by atoms with E-state index < -0.39 is 43.7 Å². The Labute approximate surface area is 273 Å². The number of hydrogen-bond donors (Lipinski definition) is 0. The summed E-state index contributed by atoms with van der Waals surface area (Å²) in [5.74, 6) is -14.4. The molecule has 3 aromatic carbocycles. The Morgan fingerprint density at radius 3 is 0.979 bits per heavy atom. The van der Waals surface area contributed by atoms with Crippen molar-refractivity contribution in [1.29, 1.82) is 0 Å². The maximum atomic E-state index is 15.2. The molecule has 48 heavy (non-hydrogen) atoms. The number of halogens is 9. The lowest BCUT2D eigenvalue weighted by molar-refractivity contribution is -0.382. The van der Waals surface area contributed by atoms with Crippen molar-refractivity contribution in [2.75, 3.05) is 0 Å². The third kappa shape index (κ3) is 7.62. The van der Waals surface area contributed by atoms with Crippen LogP contribution in [0.4, 0.5) is 39.5 Å². The summed E-state index contributed by atoms with van der Waals surface area (Å²) in [5.41, 5.74) is 0. The van der Waals surface area contributed by atoms with E-state index in [0.29, 0.717) is 0 Å². The first kappa shape index (κ1) is 39.1. The quantitative estimate of drug-likeness (QED) is 0.154. The van der Waals surface area contributed by atoms with Gasteiger partial charge in [0, 0.05) is 14.7 Å². The van der Waals surface area contributed by atoms with Crippen molar-refractivity contribution in [3.8, 4) is 17.2 Å². The topological polar surface area (TPSA) is 71.1 Å². The van der Waals surface area contributed by atoms with Gasteiger partial charge in [-0.15, -0.1) is 0 Å². The second-order valence-corrected chi connectivity index (χ2v) is 15.6. The fraction of sp³-hybridized carbons (Fsp3) is 0.419. The average molecular weight is 737 g/mol. The molecule has 3 rings (SSSR count). The Morgan fingerprint density at radius 2 is 0.750 bits per heavy atom. The molecule has 3 aromatic rings. The van der Waals surface area contributed by atoms with Gasteiger partial charge in [0.25, 0.3) is 0 Å². The lowest BCUT2D eigenvalue weighted by atomic mass is 10.1. The van der Waals surface area contributed by atoms with Gasteiger partial charge in [0.15, 0.2) is 0 Å². The summed E-state index contributed by atoms with van der Waals surface area (Å²) >= 11 is 0. The van der Waals surface area contributed by atoms with E-state index in [0.717, 1.165) is 0 Å². The maximum absolute atomic E-state index is 15.2. The van der Waals surface area contributed by atoms with E-state index in [-0.39, 0.29) is 50.2 Å². The van der Waals surface area contributed by atoms with Gasteiger partial charge in [0.05, 0.1) is 18.3 Å². The summed E-state index contributed by atoms with van der Waals surface area (Å²) in [6, 6.07) is 14.7. The van der Waals surface area contributed by atoms with E-state index in [1.54, 1.807) is 41.5 Å². The molecule has 0 unspecified atom stereocenters. The molecule has 268 valence electrons. The molecular weight excluding hydrogens is 703 g/mol. The summed E-state index contributed by atoms with van der Waals surface area (Å²) < 4.78 is 174. The second kappa shape index (κ2) is 13.9. The molecule has 0 atom stereocenters. The number of hydrogen-bond acceptors (Lipinski definition) is 6. The van der Waals surface area contributed by atoms with Gasteiger partial charge in [-0.1, -0.05) is 0 Å². The van der Waals surface area contributed by atoms with Gasteiger partial charge < -0.3 is 14.2 Å². The third-order valence-corrected chi connectivity index (χ3v) is 11.4. The standard InChI is InChI=1S/C31H33F9O6S2/c1-19(2)43-22-7-13-25(14-8-22)47(26-15-9-23(10-16-26)44-20(3)4,27-17-11-24(12-18-27)45-21(5)6)46-48(41,42)31(39,40)29(34,35)28(32,33)30(36,37)38/h7-21H,1-6H3. The molecule has 0 bridgehead atoms. The second-order valence-electron chi connectivity index (χ2n) is 11.2. The van der Waals surface area contributed by atoms with Crippen molar-refractivity contribution in [3.05, 3.63) is 72.8 Å². The predicted octanol–water partition coefficient (Wildman–Crippen LogP) is 10.0. The molecule has 0 aliphatic heterocycles. The highest BCUT2D eigenvalue weighted by atomic mass is 32.3. The number of alkyl halides is 9. The average Bonchev–Trinajstić information content (AvgIpc) is 2.95. The summed E-state index contributed by atoms with van der Waals surface area (Å²) in [6.45, 7) is 10.1. The highest BCUT2D eigenvalue weighted by Gasteiger charge is 2.86. The van der Waals surface area contributed by atoms with Crippen molar-refractivity contribution in [3.63, 3.8) is 0 Å². The molecule has 0 amide bonds. The van der Waals surface area contributed by atoms with Gasteiger partial charge >= 0.3 is 33.4 Å². The van der Waals surface area contributed by atoms with Gasteiger partial charge in [0.2, 0.25) is 0 Å². The zero-order valence-electron chi connectivity index (χ0n) is 26.3. The van der Waals surface area contributed by atoms with Gasteiger partial charge in [0.1, 0.15) is 17.2 Å². The van der Waals surface area contributed by atoms with E-state index in [9.17, 15) is 39.2 Å². The molecule has 0 N–H and O–H groups in total. The first-order valence-corrected chi connectivity index (χ1v) is 17.1. The van der Waals surface area contributed by atoms with Crippen molar-refractivity contribution < 1.29 is 65.8 Å². The van der Waals surface area contributed by atoms with Crippen molar-refractivity contribution in [2.45, 2.75) is 97.8 Å². The monoisotopic (exact) mass is 736 g/mol. The molecule has 0 saturated heterocycles. The minimum absolute atomic E-state index is 0.202. The Balaban J connectivity index is 2.41. The van der Waals surface area contributed by atoms with Gasteiger partial charge in [-0.05, 0) is 125 Å². The van der Waals surface area contributed by atoms with Crippen molar-refractivity contribution in [2.24, 2.45) is 0 Å². The summed E-state index contributed by atoms with van der Waals surface area (Å²) in [7, 11) is -11.6. The molecule has 6 nitrogen and oxygen atoms in total. The first-order chi connectivity index (χ1) is 21.9. The lowest BCUT2D eigenvalue weighted by Gasteiger charge is -2.41. The highest BCUT2D eigenvalue weighted by molar-refractivity contribution is 8.33. The van der Waals surface area contributed by atoms with Crippen LogP contribution in [0.5, 0.6) is 17.2 Å². The van der Waals surface area contributed by atoms with E-state index in [4.69, 9.17) is 17.8 Å². The van der Waals surface area contributed by atoms with Gasteiger partial charge in [-0.2, -0.15) is 47.9 Å². The number of rotatable bonds is 14. The fourth-order valence-corrected chi connectivity index (χ4v) is 9.34. The first-order valence-electron chi connectivity index (χ1n) is 14.2. The molecule has 0 heterocycles. The van der Waals surface area contributed by atoms with Crippen LogP contribution in [0.1, 0.15) is 41.5 Å². The molecule has 0 aromatic heterocycles. The van der Waals surface area contributed by atoms with E-state index >= 15 is 8.78 Å². The van der Waals surface area contributed by atoms with Crippen LogP contribution in [0.3, 0.4) is 0 Å². The Hall–Kier alpha value is -3.31. The molecule has 17 heteroatoms. The largest absolute Gasteiger partial charge is 0.491 e. The van der Waals surface area contributed by atoms with E-state index in [1.807, 2.05) is 0 Å². The summed E-state index contributed by atoms with van der Waals surface area (Å²) in [6.07, 6.45) is -8.34. The Morgan fingerprint density at radius 1 is 0.479 bits per heavy atom. The van der Waals surface area contributed by atoms with Gasteiger partial charge in [-0.3, -0.25) is 0 Å². The number of benzene rings is 3. The lowest BCUT2D eigenvalue weighted by Crippen LogP contribution is -2.63. The van der Waals surface area contributed by atoms with Crippen LogP contribution in [0.25, 0.3) is 0 Å². The van der Waals surface area contributed by atoms with Crippen molar-refractivity contribution >= 4 is 20.4 Å². The molecule has 0 saturated carbocycles. The molecule has 0 radical (unpaired) electrons. The molecule has 0 fully saturated rings. The van der Waals surface area contributed by atoms with Gasteiger partial charge in [-0.25, -0.2) is 3.63 Å². The van der Waals surface area contributed by atoms with Crippen molar-refractivity contribution in [1.82, 2.24) is 0 Å².